The summed E-state index contributed by atoms with van der Waals surface area (Å²) < 4.78 is 20.0. The molecule has 1 amide bonds. The van der Waals surface area contributed by atoms with Gasteiger partial charge in [0.15, 0.2) is 0 Å². The number of amides is 1. The van der Waals surface area contributed by atoms with Crippen molar-refractivity contribution in [3.8, 4) is 11.1 Å². The lowest BCUT2D eigenvalue weighted by Crippen LogP contribution is -2.47. The SMILES string of the molecule is CC(=O)N[C@@H]1C[C@H](c2cccc(-c3cccc(F)c3)c2)O[C@@H]2CCC[C@@H]12. The molecule has 136 valence electrons. The Bertz CT molecular complexity index is 806. The van der Waals surface area contributed by atoms with Gasteiger partial charge in [-0.1, -0.05) is 36.8 Å². The molecule has 0 spiro atoms. The highest BCUT2D eigenvalue weighted by Crippen LogP contribution is 2.43. The Kier molecular flexibility index (Phi) is 4.77. The minimum Gasteiger partial charge on any atom is -0.370 e. The molecule has 0 bridgehead atoms. The molecular weight excluding hydrogens is 329 g/mol. The molecule has 2 fully saturated rings. The number of ether oxygens (including phenoxy) is 1. The van der Waals surface area contributed by atoms with Gasteiger partial charge in [0.2, 0.25) is 5.91 Å². The molecule has 26 heavy (non-hydrogen) atoms. The molecular formula is C22H24FNO2. The van der Waals surface area contributed by atoms with E-state index in [1.165, 1.54) is 6.07 Å². The van der Waals surface area contributed by atoms with Gasteiger partial charge >= 0.3 is 0 Å². The number of halogens is 1. The minimum atomic E-state index is -0.235. The van der Waals surface area contributed by atoms with Gasteiger partial charge in [-0.25, -0.2) is 4.39 Å². The van der Waals surface area contributed by atoms with Crippen LogP contribution >= 0.6 is 0 Å². The van der Waals surface area contributed by atoms with E-state index in [1.807, 2.05) is 18.2 Å². The number of carbonyl (C=O) groups is 1. The third-order valence-corrected chi connectivity index (χ3v) is 5.63. The van der Waals surface area contributed by atoms with E-state index < -0.39 is 0 Å². The number of hydrogen-bond donors (Lipinski definition) is 1. The van der Waals surface area contributed by atoms with E-state index in [1.54, 1.807) is 19.1 Å². The second-order valence-electron chi connectivity index (χ2n) is 7.44. The van der Waals surface area contributed by atoms with Crippen LogP contribution in [0.25, 0.3) is 11.1 Å². The zero-order chi connectivity index (χ0) is 18.1. The average Bonchev–Trinajstić information content (AvgIpc) is 3.10. The summed E-state index contributed by atoms with van der Waals surface area (Å²) in [5.74, 6) is 0.206. The molecule has 4 atom stereocenters. The van der Waals surface area contributed by atoms with Crippen LogP contribution in [0.2, 0.25) is 0 Å². The first-order valence-electron chi connectivity index (χ1n) is 9.38. The second kappa shape index (κ2) is 7.20. The maximum atomic E-state index is 13.6. The summed E-state index contributed by atoms with van der Waals surface area (Å²) in [5, 5.41) is 3.14. The molecule has 3 nitrogen and oxygen atoms in total. The zero-order valence-electron chi connectivity index (χ0n) is 15.0. The highest BCUT2D eigenvalue weighted by atomic mass is 19.1. The van der Waals surface area contributed by atoms with Crippen LogP contribution in [0.4, 0.5) is 4.39 Å². The van der Waals surface area contributed by atoms with Crippen molar-refractivity contribution >= 4 is 5.91 Å². The van der Waals surface area contributed by atoms with Crippen LogP contribution in [0.5, 0.6) is 0 Å². The Morgan fingerprint density at radius 3 is 2.65 bits per heavy atom. The van der Waals surface area contributed by atoms with Crippen LogP contribution < -0.4 is 5.32 Å². The number of fused-ring (bicyclic) bond motifs is 1. The van der Waals surface area contributed by atoms with Crippen LogP contribution in [0, 0.1) is 11.7 Å². The molecule has 1 aliphatic carbocycles. The van der Waals surface area contributed by atoms with Gasteiger partial charge in [0.25, 0.3) is 0 Å². The first-order chi connectivity index (χ1) is 12.6. The normalized spacial score (nSPS) is 27.8. The van der Waals surface area contributed by atoms with Crippen molar-refractivity contribution in [3.05, 3.63) is 59.9 Å². The van der Waals surface area contributed by atoms with E-state index in [0.29, 0.717) is 5.92 Å². The largest absolute Gasteiger partial charge is 0.370 e. The Morgan fingerprint density at radius 2 is 1.88 bits per heavy atom. The number of nitrogens with one attached hydrogen (secondary N) is 1. The molecule has 2 aromatic carbocycles. The highest BCUT2D eigenvalue weighted by molar-refractivity contribution is 5.73. The molecule has 4 heteroatoms. The summed E-state index contributed by atoms with van der Waals surface area (Å²) in [6.07, 6.45) is 4.28. The Labute approximate surface area is 153 Å². The molecule has 4 rings (SSSR count). The molecule has 0 aromatic heterocycles. The number of rotatable bonds is 3. The van der Waals surface area contributed by atoms with Crippen molar-refractivity contribution in [3.63, 3.8) is 0 Å². The van der Waals surface area contributed by atoms with Crippen LogP contribution in [-0.2, 0) is 9.53 Å². The fourth-order valence-corrected chi connectivity index (χ4v) is 4.48. The van der Waals surface area contributed by atoms with Crippen LogP contribution in [0.15, 0.2) is 48.5 Å². The van der Waals surface area contributed by atoms with Crippen LogP contribution in [-0.4, -0.2) is 18.1 Å². The summed E-state index contributed by atoms with van der Waals surface area (Å²) in [5.41, 5.74) is 2.93. The van der Waals surface area contributed by atoms with Gasteiger partial charge in [0.05, 0.1) is 12.2 Å². The van der Waals surface area contributed by atoms with Crippen LogP contribution in [0.1, 0.15) is 44.3 Å². The summed E-state index contributed by atoms with van der Waals surface area (Å²) in [6, 6.07) is 14.9. The van der Waals surface area contributed by atoms with Crippen molar-refractivity contribution in [1.29, 1.82) is 0 Å². The number of hydrogen-bond acceptors (Lipinski definition) is 2. The number of benzene rings is 2. The van der Waals surface area contributed by atoms with E-state index in [0.717, 1.165) is 42.4 Å². The molecule has 2 aliphatic rings. The Balaban J connectivity index is 1.60. The zero-order valence-corrected chi connectivity index (χ0v) is 15.0. The quantitative estimate of drug-likeness (QED) is 0.874. The molecule has 1 aliphatic heterocycles. The number of carbonyl (C=O) groups excluding carboxylic acids is 1. The van der Waals surface area contributed by atoms with E-state index >= 15 is 0 Å². The Hall–Kier alpha value is -2.20. The first kappa shape index (κ1) is 17.2. The molecule has 1 heterocycles. The minimum absolute atomic E-state index is 0.0230. The summed E-state index contributed by atoms with van der Waals surface area (Å²) in [6.45, 7) is 1.58. The maximum Gasteiger partial charge on any atom is 0.217 e. The van der Waals surface area contributed by atoms with E-state index in [9.17, 15) is 9.18 Å². The highest BCUT2D eigenvalue weighted by Gasteiger charge is 2.42. The van der Waals surface area contributed by atoms with Crippen molar-refractivity contribution in [2.75, 3.05) is 0 Å². The lowest BCUT2D eigenvalue weighted by atomic mass is 9.85. The first-order valence-corrected chi connectivity index (χ1v) is 9.38. The summed E-state index contributed by atoms with van der Waals surface area (Å²) >= 11 is 0. The topological polar surface area (TPSA) is 38.3 Å². The molecule has 0 radical (unpaired) electrons. The molecule has 1 saturated carbocycles. The van der Waals surface area contributed by atoms with E-state index in [4.69, 9.17) is 4.74 Å². The smallest absolute Gasteiger partial charge is 0.217 e. The predicted molar refractivity (Wildman–Crippen MR) is 99.0 cm³/mol. The molecule has 0 unspecified atom stereocenters. The summed E-state index contributed by atoms with van der Waals surface area (Å²) in [7, 11) is 0. The van der Waals surface area contributed by atoms with Gasteiger partial charge in [-0.05, 0) is 54.2 Å². The van der Waals surface area contributed by atoms with Crippen molar-refractivity contribution in [2.45, 2.75) is 50.9 Å². The average molecular weight is 353 g/mol. The van der Waals surface area contributed by atoms with Crippen LogP contribution in [0.3, 0.4) is 0 Å². The fourth-order valence-electron chi connectivity index (χ4n) is 4.48. The molecule has 2 aromatic rings. The molecule has 1 saturated heterocycles. The fraction of sp³-hybridized carbons (Fsp3) is 0.409. The van der Waals surface area contributed by atoms with Gasteiger partial charge in [-0.3, -0.25) is 4.79 Å². The van der Waals surface area contributed by atoms with Gasteiger partial charge in [0.1, 0.15) is 5.82 Å². The van der Waals surface area contributed by atoms with Crippen molar-refractivity contribution in [1.82, 2.24) is 5.32 Å². The second-order valence-corrected chi connectivity index (χ2v) is 7.44. The maximum absolute atomic E-state index is 13.6. The van der Waals surface area contributed by atoms with Crippen molar-refractivity contribution < 1.29 is 13.9 Å². The third kappa shape index (κ3) is 3.51. The van der Waals surface area contributed by atoms with Gasteiger partial charge in [0, 0.05) is 18.9 Å². The van der Waals surface area contributed by atoms with E-state index in [2.05, 4.69) is 17.4 Å². The third-order valence-electron chi connectivity index (χ3n) is 5.63. The lowest BCUT2D eigenvalue weighted by molar-refractivity contribution is -0.124. The van der Waals surface area contributed by atoms with Gasteiger partial charge in [-0.15, -0.1) is 0 Å². The van der Waals surface area contributed by atoms with Gasteiger partial charge < -0.3 is 10.1 Å². The van der Waals surface area contributed by atoms with E-state index in [-0.39, 0.29) is 30.0 Å². The van der Waals surface area contributed by atoms with Crippen molar-refractivity contribution in [2.24, 2.45) is 5.92 Å². The monoisotopic (exact) mass is 353 g/mol. The lowest BCUT2D eigenvalue weighted by Gasteiger charge is -2.39. The van der Waals surface area contributed by atoms with Gasteiger partial charge in [-0.2, -0.15) is 0 Å². The Morgan fingerprint density at radius 1 is 1.12 bits per heavy atom. The predicted octanol–water partition coefficient (Wildman–Crippen LogP) is 4.63. The molecule has 1 N–H and O–H groups in total. The standard InChI is InChI=1S/C22H24FNO2/c1-14(25)24-20-13-22(26-21-10-4-9-19(20)21)17-7-2-5-15(11-17)16-6-3-8-18(23)12-16/h2-3,5-8,11-12,19-22H,4,9-10,13H2,1H3,(H,24,25)/t19-,20+,21+,22+/m0/s1. The summed E-state index contributed by atoms with van der Waals surface area (Å²) in [4.78, 5) is 11.6.